The summed E-state index contributed by atoms with van der Waals surface area (Å²) in [5.41, 5.74) is 1.28. The molecule has 1 fully saturated rings. The largest absolute Gasteiger partial charge is 0.486 e. The Kier molecular flexibility index (Phi) is 6.60. The van der Waals surface area contributed by atoms with Gasteiger partial charge in [-0.05, 0) is 25.0 Å². The molecule has 2 amide bonds. The zero-order chi connectivity index (χ0) is 22.0. The number of ether oxygens (including phenoxy) is 2. The van der Waals surface area contributed by atoms with Crippen molar-refractivity contribution in [1.29, 1.82) is 0 Å². The first-order chi connectivity index (χ1) is 15.0. The molecule has 0 aromatic heterocycles. The summed E-state index contributed by atoms with van der Waals surface area (Å²) in [6, 6.07) is 6.72. The quantitative estimate of drug-likeness (QED) is 0.589. The van der Waals surface area contributed by atoms with Gasteiger partial charge in [0.1, 0.15) is 18.0 Å². The van der Waals surface area contributed by atoms with Crippen LogP contribution in [0.25, 0.3) is 0 Å². The molecule has 1 aromatic rings. The van der Waals surface area contributed by atoms with Crippen LogP contribution in [0, 0.1) is 0 Å². The molecule has 0 bridgehead atoms. The highest BCUT2D eigenvalue weighted by Crippen LogP contribution is 2.47. The van der Waals surface area contributed by atoms with Crippen LogP contribution < -0.4 is 10.1 Å². The number of hydrogen-bond acceptors (Lipinski definition) is 6. The van der Waals surface area contributed by atoms with E-state index in [9.17, 15) is 14.7 Å². The lowest BCUT2D eigenvalue weighted by Crippen LogP contribution is -2.57. The average Bonchev–Trinajstić information content (AvgIpc) is 3.44. The minimum absolute atomic E-state index is 0.0813. The fourth-order valence-electron chi connectivity index (χ4n) is 4.79. The Labute approximate surface area is 181 Å². The topological polar surface area (TPSA) is 108 Å². The molecule has 1 aromatic carbocycles. The number of carbonyl (C=O) groups excluding carboxylic acids is 2. The van der Waals surface area contributed by atoms with Gasteiger partial charge in [0.15, 0.2) is 0 Å². The number of fused-ring (bicyclic) bond motifs is 3. The third-order valence-corrected chi connectivity index (χ3v) is 6.28. The molecule has 0 unspecified atom stereocenters. The maximum atomic E-state index is 13.0. The Morgan fingerprint density at radius 2 is 2.10 bits per heavy atom. The monoisotopic (exact) mass is 430 g/mol. The van der Waals surface area contributed by atoms with Crippen LogP contribution in [-0.4, -0.2) is 77.6 Å². The zero-order valence-electron chi connectivity index (χ0n) is 17.7. The average molecular weight is 431 g/mol. The first kappa shape index (κ1) is 21.8. The van der Waals surface area contributed by atoms with Crippen molar-refractivity contribution in [1.82, 2.24) is 10.2 Å². The van der Waals surface area contributed by atoms with Crippen LogP contribution in [0.15, 0.2) is 35.9 Å². The summed E-state index contributed by atoms with van der Waals surface area (Å²) >= 11 is 0. The van der Waals surface area contributed by atoms with Crippen molar-refractivity contribution in [2.75, 3.05) is 26.3 Å². The lowest BCUT2D eigenvalue weighted by Gasteiger charge is -2.41. The fraction of sp³-hybridized carbons (Fsp3) is 0.565. The van der Waals surface area contributed by atoms with Gasteiger partial charge in [-0.15, -0.1) is 0 Å². The van der Waals surface area contributed by atoms with Crippen molar-refractivity contribution in [2.24, 2.45) is 0 Å². The van der Waals surface area contributed by atoms with E-state index in [1.54, 1.807) is 17.9 Å². The van der Waals surface area contributed by atoms with E-state index in [0.717, 1.165) is 18.4 Å². The molecule has 8 nitrogen and oxygen atoms in total. The Balaban J connectivity index is 1.71. The smallest absolute Gasteiger partial charge is 0.247 e. The maximum absolute atomic E-state index is 13.0. The Morgan fingerprint density at radius 1 is 1.29 bits per heavy atom. The summed E-state index contributed by atoms with van der Waals surface area (Å²) in [7, 11) is 0. The Bertz CT molecular complexity index is 850. The summed E-state index contributed by atoms with van der Waals surface area (Å²) < 4.78 is 11.8. The van der Waals surface area contributed by atoms with Gasteiger partial charge in [-0.3, -0.25) is 9.59 Å². The van der Waals surface area contributed by atoms with Crippen LogP contribution in [0.1, 0.15) is 37.7 Å². The van der Waals surface area contributed by atoms with Gasteiger partial charge < -0.3 is 29.9 Å². The highest BCUT2D eigenvalue weighted by molar-refractivity contribution is 5.96. The molecule has 5 atom stereocenters. The molecule has 168 valence electrons. The molecular formula is C23H30N2O6. The van der Waals surface area contributed by atoms with Crippen molar-refractivity contribution in [3.8, 4) is 5.75 Å². The number of amides is 2. The van der Waals surface area contributed by atoms with Crippen LogP contribution >= 0.6 is 0 Å². The summed E-state index contributed by atoms with van der Waals surface area (Å²) in [5.74, 6) is -0.254. The molecule has 3 aliphatic rings. The molecule has 1 saturated heterocycles. The van der Waals surface area contributed by atoms with E-state index in [-0.39, 0.29) is 37.5 Å². The van der Waals surface area contributed by atoms with Gasteiger partial charge in [-0.25, -0.2) is 0 Å². The number of para-hydroxylation sites is 1. The highest BCUT2D eigenvalue weighted by Gasteiger charge is 2.50. The van der Waals surface area contributed by atoms with Gasteiger partial charge in [0.25, 0.3) is 0 Å². The second-order valence-electron chi connectivity index (χ2n) is 8.22. The van der Waals surface area contributed by atoms with Gasteiger partial charge >= 0.3 is 0 Å². The number of aliphatic hydroxyl groups is 2. The highest BCUT2D eigenvalue weighted by atomic mass is 16.5. The lowest BCUT2D eigenvalue weighted by atomic mass is 9.77. The Morgan fingerprint density at radius 3 is 2.81 bits per heavy atom. The third kappa shape index (κ3) is 4.20. The van der Waals surface area contributed by atoms with E-state index in [4.69, 9.17) is 14.6 Å². The first-order valence-electron chi connectivity index (χ1n) is 11.0. The molecule has 2 heterocycles. The van der Waals surface area contributed by atoms with Gasteiger partial charge in [0, 0.05) is 37.3 Å². The van der Waals surface area contributed by atoms with Crippen molar-refractivity contribution in [2.45, 2.75) is 56.5 Å². The molecule has 2 aliphatic heterocycles. The predicted molar refractivity (Wildman–Crippen MR) is 113 cm³/mol. The molecule has 4 rings (SSSR count). The molecule has 31 heavy (non-hydrogen) atoms. The standard InChI is InChI=1S/C23H30N2O6/c1-2-19(27)25(13-14-6-5-11-30-14)17-12-16(23(29)24-9-10-26)20-15-7-3-4-8-18(15)31-22(20)21(17)28/h3-4,7-8,12,14,17,20-22,26,28H,2,5-6,9-11,13H2,1H3,(H,24,29)/t14-,17+,20-,21-,22-/m0/s1. The number of carbonyl (C=O) groups is 2. The predicted octanol–water partition coefficient (Wildman–Crippen LogP) is 0.727. The third-order valence-electron chi connectivity index (χ3n) is 6.28. The summed E-state index contributed by atoms with van der Waals surface area (Å²) in [4.78, 5) is 27.5. The van der Waals surface area contributed by atoms with Crippen LogP contribution in [-0.2, 0) is 14.3 Å². The van der Waals surface area contributed by atoms with Gasteiger partial charge in [0.05, 0.1) is 24.7 Å². The summed E-state index contributed by atoms with van der Waals surface area (Å²) in [6.07, 6.45) is 2.03. The van der Waals surface area contributed by atoms with Crippen LogP contribution in [0.5, 0.6) is 5.75 Å². The van der Waals surface area contributed by atoms with Crippen molar-refractivity contribution >= 4 is 11.8 Å². The number of aliphatic hydroxyl groups excluding tert-OH is 2. The van der Waals surface area contributed by atoms with E-state index < -0.39 is 24.2 Å². The first-order valence-corrected chi connectivity index (χ1v) is 11.0. The van der Waals surface area contributed by atoms with E-state index >= 15 is 0 Å². The summed E-state index contributed by atoms with van der Waals surface area (Å²) in [5, 5.41) is 23.2. The maximum Gasteiger partial charge on any atom is 0.247 e. The normalized spacial score (nSPS) is 28.9. The number of nitrogens with one attached hydrogen (secondary N) is 1. The number of nitrogens with zero attached hydrogens (tertiary/aromatic N) is 1. The molecule has 8 heteroatoms. The second-order valence-corrected chi connectivity index (χ2v) is 8.22. The SMILES string of the molecule is CCC(=O)N(C[C@@H]1CCCO1)[C@@H]1C=C(C(=O)NCCO)[C@@H]2c3ccccc3O[C@@H]2[C@H]1O. The molecule has 0 radical (unpaired) electrons. The van der Waals surface area contributed by atoms with E-state index in [1.165, 1.54) is 0 Å². The van der Waals surface area contributed by atoms with E-state index in [1.807, 2.05) is 24.3 Å². The lowest BCUT2D eigenvalue weighted by molar-refractivity contribution is -0.138. The van der Waals surface area contributed by atoms with E-state index in [0.29, 0.717) is 24.5 Å². The van der Waals surface area contributed by atoms with E-state index in [2.05, 4.69) is 5.32 Å². The molecule has 3 N–H and O–H groups in total. The number of rotatable bonds is 7. The minimum Gasteiger partial charge on any atom is -0.486 e. The van der Waals surface area contributed by atoms with Crippen LogP contribution in [0.4, 0.5) is 0 Å². The number of hydrogen-bond donors (Lipinski definition) is 3. The molecular weight excluding hydrogens is 400 g/mol. The summed E-state index contributed by atoms with van der Waals surface area (Å²) in [6.45, 7) is 2.76. The van der Waals surface area contributed by atoms with Gasteiger partial charge in [-0.1, -0.05) is 25.1 Å². The fourth-order valence-corrected chi connectivity index (χ4v) is 4.79. The van der Waals surface area contributed by atoms with Gasteiger partial charge in [-0.2, -0.15) is 0 Å². The minimum atomic E-state index is -0.997. The van der Waals surface area contributed by atoms with Crippen molar-refractivity contribution in [3.05, 3.63) is 41.5 Å². The zero-order valence-corrected chi connectivity index (χ0v) is 17.7. The number of benzene rings is 1. The Hall–Kier alpha value is -2.42. The van der Waals surface area contributed by atoms with Crippen LogP contribution in [0.3, 0.4) is 0 Å². The molecule has 1 aliphatic carbocycles. The van der Waals surface area contributed by atoms with Crippen LogP contribution in [0.2, 0.25) is 0 Å². The van der Waals surface area contributed by atoms with Crippen molar-refractivity contribution in [3.63, 3.8) is 0 Å². The molecule has 0 spiro atoms. The van der Waals surface area contributed by atoms with Gasteiger partial charge in [0.2, 0.25) is 11.8 Å². The van der Waals surface area contributed by atoms with Crippen molar-refractivity contribution < 1.29 is 29.3 Å². The molecule has 0 saturated carbocycles. The second kappa shape index (κ2) is 9.38.